The molecule has 0 N–H and O–H groups in total. The minimum absolute atomic E-state index is 0.256. The number of aromatic nitrogens is 4. The van der Waals surface area contributed by atoms with Gasteiger partial charge in [-0.05, 0) is 58.1 Å². The number of aryl methyl sites for hydroxylation is 1. The molecule has 3 aromatic rings. The molecule has 3 aliphatic rings. The summed E-state index contributed by atoms with van der Waals surface area (Å²) < 4.78 is 15.5. The summed E-state index contributed by atoms with van der Waals surface area (Å²) in [5.41, 5.74) is 7.94. The molecule has 5 heterocycles. The highest BCUT2D eigenvalue weighted by atomic mass is 16.6. The van der Waals surface area contributed by atoms with E-state index >= 15 is 0 Å². The van der Waals surface area contributed by atoms with Gasteiger partial charge in [-0.15, -0.1) is 0 Å². The van der Waals surface area contributed by atoms with Gasteiger partial charge in [-0.1, -0.05) is 18.2 Å². The fourth-order valence-electron chi connectivity index (χ4n) is 6.27. The Kier molecular flexibility index (Phi) is 6.65. The van der Waals surface area contributed by atoms with E-state index < -0.39 is 5.60 Å². The van der Waals surface area contributed by atoms with E-state index in [1.165, 1.54) is 22.4 Å². The highest BCUT2D eigenvalue weighted by Gasteiger charge is 2.34. The molecule has 1 unspecified atom stereocenters. The summed E-state index contributed by atoms with van der Waals surface area (Å²) in [6.07, 6.45) is 7.41. The van der Waals surface area contributed by atoms with Gasteiger partial charge < -0.3 is 19.3 Å². The van der Waals surface area contributed by atoms with Crippen LogP contribution in [0.5, 0.6) is 0 Å². The maximum absolute atomic E-state index is 13.1. The minimum atomic E-state index is -0.527. The van der Waals surface area contributed by atoms with E-state index in [4.69, 9.17) is 14.6 Å². The molecule has 208 valence electrons. The fraction of sp³-hybridized carbons (Fsp3) is 0.567. The molecule has 0 saturated carbocycles. The first-order valence-corrected chi connectivity index (χ1v) is 14.2. The molecule has 0 radical (unpaired) electrons. The van der Waals surface area contributed by atoms with Gasteiger partial charge in [-0.3, -0.25) is 9.36 Å². The van der Waals surface area contributed by atoms with Gasteiger partial charge in [0.25, 0.3) is 0 Å². The predicted octanol–water partition coefficient (Wildman–Crippen LogP) is 4.88. The maximum atomic E-state index is 13.1. The number of carbonyl (C=O) groups excluding carboxylic acids is 1. The highest BCUT2D eigenvalue weighted by molar-refractivity contribution is 5.73. The Balaban J connectivity index is 1.39. The number of amides is 1. The zero-order valence-electron chi connectivity index (χ0n) is 23.8. The second-order valence-corrected chi connectivity index (χ2v) is 12.2. The van der Waals surface area contributed by atoms with Crippen molar-refractivity contribution in [3.63, 3.8) is 0 Å². The van der Waals surface area contributed by atoms with E-state index in [0.29, 0.717) is 25.2 Å². The molecule has 39 heavy (non-hydrogen) atoms. The van der Waals surface area contributed by atoms with E-state index in [0.717, 1.165) is 62.4 Å². The van der Waals surface area contributed by atoms with E-state index in [1.807, 2.05) is 43.6 Å². The first-order valence-electron chi connectivity index (χ1n) is 14.2. The van der Waals surface area contributed by atoms with Crippen LogP contribution in [0.3, 0.4) is 0 Å². The summed E-state index contributed by atoms with van der Waals surface area (Å²) >= 11 is 0. The SMILES string of the molecule is CC1Cc2c(cccc2-c2nn(C3CCOCC3)c3c2CN(C(=O)OC(C)(C)C)CC3)CN1c1cnn(C)c1. The fourth-order valence-corrected chi connectivity index (χ4v) is 6.27. The van der Waals surface area contributed by atoms with Crippen molar-refractivity contribution in [1.82, 2.24) is 24.5 Å². The summed E-state index contributed by atoms with van der Waals surface area (Å²) in [6.45, 7) is 11.6. The molecular formula is C30H40N6O3. The Morgan fingerprint density at radius 1 is 1.13 bits per heavy atom. The van der Waals surface area contributed by atoms with E-state index in [2.05, 4.69) is 46.0 Å². The Hall–Kier alpha value is -3.33. The smallest absolute Gasteiger partial charge is 0.410 e. The molecule has 0 aliphatic carbocycles. The number of rotatable bonds is 3. The third kappa shape index (κ3) is 5.04. The first kappa shape index (κ1) is 25.9. The summed E-state index contributed by atoms with van der Waals surface area (Å²) in [5, 5.41) is 9.72. The van der Waals surface area contributed by atoms with Gasteiger partial charge in [0.05, 0.1) is 30.2 Å². The van der Waals surface area contributed by atoms with Crippen molar-refractivity contribution in [3.8, 4) is 11.3 Å². The van der Waals surface area contributed by atoms with Crippen molar-refractivity contribution < 1.29 is 14.3 Å². The number of benzene rings is 1. The van der Waals surface area contributed by atoms with Crippen LogP contribution in [0.2, 0.25) is 0 Å². The van der Waals surface area contributed by atoms with Crippen LogP contribution in [0, 0.1) is 0 Å². The first-order chi connectivity index (χ1) is 18.7. The summed E-state index contributed by atoms with van der Waals surface area (Å²) in [4.78, 5) is 17.3. The zero-order valence-corrected chi connectivity index (χ0v) is 23.8. The quantitative estimate of drug-likeness (QED) is 0.479. The van der Waals surface area contributed by atoms with E-state index in [-0.39, 0.29) is 6.09 Å². The van der Waals surface area contributed by atoms with Gasteiger partial charge in [-0.25, -0.2) is 4.79 Å². The van der Waals surface area contributed by atoms with Crippen LogP contribution in [-0.2, 0) is 42.5 Å². The molecular weight excluding hydrogens is 492 g/mol. The molecule has 1 atom stereocenters. The molecule has 1 amide bonds. The van der Waals surface area contributed by atoms with Crippen LogP contribution in [0.25, 0.3) is 11.3 Å². The van der Waals surface area contributed by atoms with E-state index in [9.17, 15) is 4.79 Å². The van der Waals surface area contributed by atoms with Gasteiger partial charge in [0.1, 0.15) is 5.60 Å². The third-order valence-electron chi connectivity index (χ3n) is 8.20. The molecule has 3 aliphatic heterocycles. The standard InChI is InChI=1S/C30H40N6O3/c1-20-15-25-21(17-35(20)23-16-31-33(5)18-23)7-6-8-24(25)28-26-19-34(29(37)39-30(2,3)4)12-9-27(26)36(32-28)22-10-13-38-14-11-22/h6-8,16,18,20,22H,9-15,17,19H2,1-5H3. The summed E-state index contributed by atoms with van der Waals surface area (Å²) in [5.74, 6) is 0. The van der Waals surface area contributed by atoms with E-state index in [1.54, 1.807) is 0 Å². The normalized spacial score (nSPS) is 20.1. The lowest BCUT2D eigenvalue weighted by molar-refractivity contribution is 0.0221. The van der Waals surface area contributed by atoms with Gasteiger partial charge in [0.15, 0.2) is 0 Å². The molecule has 9 heteroatoms. The third-order valence-corrected chi connectivity index (χ3v) is 8.20. The van der Waals surface area contributed by atoms with Crippen LogP contribution >= 0.6 is 0 Å². The molecule has 9 nitrogen and oxygen atoms in total. The molecule has 1 saturated heterocycles. The Bertz CT molecular complexity index is 1360. The van der Waals surface area contributed by atoms with Gasteiger partial charge in [-0.2, -0.15) is 10.2 Å². The van der Waals surface area contributed by atoms with Crippen molar-refractivity contribution in [2.24, 2.45) is 7.05 Å². The summed E-state index contributed by atoms with van der Waals surface area (Å²) in [6, 6.07) is 7.26. The van der Waals surface area contributed by atoms with Crippen LogP contribution in [0.15, 0.2) is 30.6 Å². The van der Waals surface area contributed by atoms with Crippen molar-refractivity contribution in [1.29, 1.82) is 0 Å². The average molecular weight is 533 g/mol. The van der Waals surface area contributed by atoms with Crippen molar-refractivity contribution in [3.05, 3.63) is 53.0 Å². The monoisotopic (exact) mass is 532 g/mol. The lowest BCUT2D eigenvalue weighted by atomic mass is 9.87. The molecule has 2 aromatic heterocycles. The van der Waals surface area contributed by atoms with Gasteiger partial charge in [0, 0.05) is 68.8 Å². The Labute approximate surface area is 230 Å². The molecule has 6 rings (SSSR count). The van der Waals surface area contributed by atoms with Crippen molar-refractivity contribution in [2.75, 3.05) is 24.7 Å². The number of ether oxygens (including phenoxy) is 2. The second-order valence-electron chi connectivity index (χ2n) is 12.2. The lowest BCUT2D eigenvalue weighted by Gasteiger charge is -2.36. The van der Waals surface area contributed by atoms with Crippen LogP contribution in [-0.4, -0.2) is 62.0 Å². The number of carbonyl (C=O) groups is 1. The van der Waals surface area contributed by atoms with Crippen LogP contribution < -0.4 is 4.90 Å². The molecule has 1 fully saturated rings. The lowest BCUT2D eigenvalue weighted by Crippen LogP contribution is -2.40. The predicted molar refractivity (Wildman–Crippen MR) is 150 cm³/mol. The number of hydrogen-bond acceptors (Lipinski definition) is 6. The largest absolute Gasteiger partial charge is 0.444 e. The van der Waals surface area contributed by atoms with Crippen LogP contribution in [0.1, 0.15) is 69.0 Å². The Morgan fingerprint density at radius 3 is 2.64 bits per heavy atom. The number of anilines is 1. The second kappa shape index (κ2) is 10.0. The number of hydrogen-bond donors (Lipinski definition) is 0. The van der Waals surface area contributed by atoms with Crippen molar-refractivity contribution in [2.45, 2.75) is 84.2 Å². The van der Waals surface area contributed by atoms with Gasteiger partial charge >= 0.3 is 6.09 Å². The van der Waals surface area contributed by atoms with Gasteiger partial charge in [0.2, 0.25) is 0 Å². The van der Waals surface area contributed by atoms with Crippen molar-refractivity contribution >= 4 is 11.8 Å². The summed E-state index contributed by atoms with van der Waals surface area (Å²) in [7, 11) is 1.96. The van der Waals surface area contributed by atoms with Crippen LogP contribution in [0.4, 0.5) is 10.5 Å². The molecule has 0 bridgehead atoms. The average Bonchev–Trinajstić information content (AvgIpc) is 3.51. The minimum Gasteiger partial charge on any atom is -0.444 e. The maximum Gasteiger partial charge on any atom is 0.410 e. The number of nitrogens with zero attached hydrogens (tertiary/aromatic N) is 6. The molecule has 0 spiro atoms. The molecule has 1 aromatic carbocycles. The Morgan fingerprint density at radius 2 is 1.92 bits per heavy atom. The topological polar surface area (TPSA) is 77.7 Å². The highest BCUT2D eigenvalue weighted by Crippen LogP contribution is 2.39. The number of fused-ring (bicyclic) bond motifs is 2. The zero-order chi connectivity index (χ0) is 27.3.